The van der Waals surface area contributed by atoms with Gasteiger partial charge in [0.1, 0.15) is 11.4 Å². The molecule has 0 radical (unpaired) electrons. The number of likely N-dealkylation sites (tertiary alicyclic amines) is 1. The first-order valence-electron chi connectivity index (χ1n) is 12.4. The average Bonchev–Trinajstić information content (AvgIpc) is 3.62. The number of methoxy groups -OCH3 is 1. The maximum atomic E-state index is 13.2. The van der Waals surface area contributed by atoms with Gasteiger partial charge in [0, 0.05) is 48.9 Å². The molecule has 5 heterocycles. The first-order valence-corrected chi connectivity index (χ1v) is 13.2. The van der Waals surface area contributed by atoms with Gasteiger partial charge in [0.05, 0.1) is 36.8 Å². The Hall–Kier alpha value is -2.48. The van der Waals surface area contributed by atoms with Crippen LogP contribution in [0.1, 0.15) is 38.4 Å². The summed E-state index contributed by atoms with van der Waals surface area (Å²) in [5.41, 5.74) is 6.70. The predicted octanol–water partition coefficient (Wildman–Crippen LogP) is -0.218. The lowest BCUT2D eigenvalue weighted by atomic mass is 9.78. The fraction of sp³-hybridized carbons (Fsp3) is 0.696. The molecule has 7 atom stereocenters. The highest BCUT2D eigenvalue weighted by Gasteiger charge is 2.61. The van der Waals surface area contributed by atoms with Crippen molar-refractivity contribution in [2.75, 3.05) is 26.7 Å². The Kier molecular flexibility index (Phi) is 6.83. The number of nitrogens with zero attached hydrogens (tertiary/aromatic N) is 5. The molecule has 4 N–H and O–H groups in total. The van der Waals surface area contributed by atoms with Crippen molar-refractivity contribution in [2.45, 2.75) is 62.7 Å². The van der Waals surface area contributed by atoms with Crippen LogP contribution in [0.15, 0.2) is 16.8 Å². The second-order valence-corrected chi connectivity index (χ2v) is 11.5. The summed E-state index contributed by atoms with van der Waals surface area (Å²) in [4.78, 5) is 42.3. The number of rotatable bonds is 8. The molecule has 13 heteroatoms. The van der Waals surface area contributed by atoms with E-state index >= 15 is 0 Å². The number of aromatic nitrogens is 3. The van der Waals surface area contributed by atoms with Gasteiger partial charge in [-0.2, -0.15) is 0 Å². The van der Waals surface area contributed by atoms with Crippen LogP contribution >= 0.6 is 11.8 Å². The number of nitrogens with one attached hydrogen (secondary N) is 1. The van der Waals surface area contributed by atoms with E-state index < -0.39 is 11.9 Å². The summed E-state index contributed by atoms with van der Waals surface area (Å²) < 4.78 is 6.76. The molecular weight excluding hydrogens is 486 g/mol. The molecule has 4 aliphatic heterocycles. The van der Waals surface area contributed by atoms with Crippen LogP contribution in [-0.4, -0.2) is 97.8 Å². The van der Waals surface area contributed by atoms with Crippen LogP contribution in [-0.2, 0) is 25.7 Å². The number of ether oxygens (including phenoxy) is 1. The van der Waals surface area contributed by atoms with Gasteiger partial charge in [0.2, 0.25) is 11.8 Å². The molecule has 0 unspecified atom stereocenters. The number of thioether (sulfide) groups is 1. The van der Waals surface area contributed by atoms with Gasteiger partial charge in [0.25, 0.3) is 0 Å². The molecule has 4 aliphatic rings. The fourth-order valence-electron chi connectivity index (χ4n) is 5.94. The zero-order valence-corrected chi connectivity index (χ0v) is 21.5. The normalized spacial score (nSPS) is 32.7. The Labute approximate surface area is 213 Å². The minimum atomic E-state index is -1.10. The summed E-state index contributed by atoms with van der Waals surface area (Å²) in [6.07, 6.45) is 3.19. The van der Waals surface area contributed by atoms with Crippen molar-refractivity contribution < 1.29 is 24.2 Å². The summed E-state index contributed by atoms with van der Waals surface area (Å²) in [6.45, 7) is 6.08. The smallest absolute Gasteiger partial charge is 0.353 e. The fourth-order valence-corrected chi connectivity index (χ4v) is 7.42. The summed E-state index contributed by atoms with van der Waals surface area (Å²) >= 11 is 1.49. The van der Waals surface area contributed by atoms with E-state index in [-0.39, 0.29) is 52.8 Å². The van der Waals surface area contributed by atoms with E-state index in [1.165, 1.54) is 16.7 Å². The Morgan fingerprint density at radius 3 is 2.86 bits per heavy atom. The molecule has 1 aromatic rings. The summed E-state index contributed by atoms with van der Waals surface area (Å²) in [6, 6.07) is -0.794. The number of carboxylic acids is 1. The van der Waals surface area contributed by atoms with Crippen LogP contribution in [0, 0.1) is 11.8 Å². The van der Waals surface area contributed by atoms with E-state index in [4.69, 9.17) is 10.5 Å². The van der Waals surface area contributed by atoms with Crippen molar-refractivity contribution in [1.82, 2.24) is 30.1 Å². The van der Waals surface area contributed by atoms with Gasteiger partial charge in [0.15, 0.2) is 0 Å². The van der Waals surface area contributed by atoms with Crippen molar-refractivity contribution in [3.63, 3.8) is 0 Å². The molecule has 3 fully saturated rings. The second kappa shape index (κ2) is 9.77. The van der Waals surface area contributed by atoms with Gasteiger partial charge in [-0.25, -0.2) is 9.48 Å². The summed E-state index contributed by atoms with van der Waals surface area (Å²) in [5, 5.41) is 21.6. The van der Waals surface area contributed by atoms with Crippen LogP contribution < -0.4 is 11.1 Å². The third-order valence-electron chi connectivity index (χ3n) is 7.80. The predicted molar refractivity (Wildman–Crippen MR) is 130 cm³/mol. The number of hydrogen-bond donors (Lipinski definition) is 3. The largest absolute Gasteiger partial charge is 0.477 e. The van der Waals surface area contributed by atoms with Gasteiger partial charge >= 0.3 is 5.97 Å². The Bertz CT molecular complexity index is 1090. The van der Waals surface area contributed by atoms with Gasteiger partial charge in [-0.15, -0.1) is 16.9 Å². The van der Waals surface area contributed by atoms with E-state index in [1.54, 1.807) is 18.0 Å². The maximum absolute atomic E-state index is 13.2. The van der Waals surface area contributed by atoms with Gasteiger partial charge in [-0.1, -0.05) is 12.1 Å². The molecule has 2 amide bonds. The van der Waals surface area contributed by atoms with Crippen LogP contribution in [0.3, 0.4) is 0 Å². The van der Waals surface area contributed by atoms with E-state index in [0.29, 0.717) is 43.3 Å². The van der Waals surface area contributed by atoms with Gasteiger partial charge in [-0.05, 0) is 19.8 Å². The van der Waals surface area contributed by atoms with E-state index in [0.717, 1.165) is 6.42 Å². The number of carboxylic acid groups (broad SMARTS) is 1. The maximum Gasteiger partial charge on any atom is 0.353 e. The lowest BCUT2D eigenvalue weighted by molar-refractivity contribution is -0.159. The number of amides is 2. The average molecular weight is 520 g/mol. The van der Waals surface area contributed by atoms with Crippen molar-refractivity contribution in [3.05, 3.63) is 22.5 Å². The molecule has 0 aliphatic carbocycles. The molecule has 3 saturated heterocycles. The molecule has 0 saturated carbocycles. The first-order chi connectivity index (χ1) is 17.2. The lowest BCUT2D eigenvalue weighted by Crippen LogP contribution is -2.62. The van der Waals surface area contributed by atoms with Crippen molar-refractivity contribution in [2.24, 2.45) is 17.6 Å². The minimum Gasteiger partial charge on any atom is -0.477 e. The van der Waals surface area contributed by atoms with E-state index in [1.807, 2.05) is 18.7 Å². The number of carbonyl (C=O) groups is 3. The van der Waals surface area contributed by atoms with Crippen molar-refractivity contribution >= 4 is 29.5 Å². The molecule has 196 valence electrons. The SMILES string of the molecule is COCc1cn([C@H](C)[C@H]2C(=O)N3C(C(=O)O)=C(S[C@@H]4CN[C@H](C(=O)N5CC[C@@H](N)C5)C4)[C@H](C)[C@H]23)nn1. The van der Waals surface area contributed by atoms with E-state index in [2.05, 4.69) is 15.6 Å². The Balaban J connectivity index is 1.28. The van der Waals surface area contributed by atoms with Gasteiger partial charge in [-0.3, -0.25) is 9.59 Å². The number of carbonyl (C=O) groups excluding carboxylic acids is 2. The molecule has 36 heavy (non-hydrogen) atoms. The molecule has 1 aromatic heterocycles. The molecule has 0 aromatic carbocycles. The monoisotopic (exact) mass is 519 g/mol. The van der Waals surface area contributed by atoms with Crippen LogP contribution in [0.5, 0.6) is 0 Å². The number of β-lactam (4-membered cyclic amide) rings is 1. The highest BCUT2D eigenvalue weighted by Crippen LogP contribution is 2.53. The first kappa shape index (κ1) is 25.2. The van der Waals surface area contributed by atoms with Crippen LogP contribution in [0.4, 0.5) is 0 Å². The molecule has 12 nitrogen and oxygen atoms in total. The summed E-state index contributed by atoms with van der Waals surface area (Å²) in [7, 11) is 1.58. The molecule has 5 rings (SSSR count). The third-order valence-corrected chi connectivity index (χ3v) is 9.31. The summed E-state index contributed by atoms with van der Waals surface area (Å²) in [5.74, 6) is -1.79. The Morgan fingerprint density at radius 1 is 1.42 bits per heavy atom. The zero-order valence-electron chi connectivity index (χ0n) is 20.7. The Morgan fingerprint density at radius 2 is 2.19 bits per heavy atom. The number of hydrogen-bond acceptors (Lipinski definition) is 9. The van der Waals surface area contributed by atoms with Crippen LogP contribution in [0.2, 0.25) is 0 Å². The molecule has 0 spiro atoms. The lowest BCUT2D eigenvalue weighted by Gasteiger charge is -2.47. The number of fused-ring (bicyclic) bond motifs is 1. The van der Waals surface area contributed by atoms with Crippen LogP contribution in [0.25, 0.3) is 0 Å². The second-order valence-electron chi connectivity index (χ2n) is 10.2. The molecule has 0 bridgehead atoms. The highest BCUT2D eigenvalue weighted by molar-refractivity contribution is 8.03. The standard InChI is InChI=1S/C23H33N7O5S/c1-11-18-17(12(2)29-9-14(10-35-3)26-27-29)22(32)30(18)19(23(33)34)20(11)36-15-6-16(25-7-15)21(31)28-5-4-13(24)8-28/h9,11-13,15-18,25H,4-8,10,24H2,1-3H3,(H,33,34)/t11-,12-,13-,15+,16+,17-,18-/m1/s1. The quantitative estimate of drug-likeness (QED) is 0.393. The molecular formula is C23H33N7O5S. The number of aliphatic carboxylic acids is 1. The zero-order chi connectivity index (χ0) is 25.7. The number of nitrogens with two attached hydrogens (primary N) is 1. The highest BCUT2D eigenvalue weighted by atomic mass is 32.2. The third kappa shape index (κ3) is 4.21. The minimum absolute atomic E-state index is 0.0321. The topological polar surface area (TPSA) is 156 Å². The van der Waals surface area contributed by atoms with Crippen molar-refractivity contribution in [3.8, 4) is 0 Å². The van der Waals surface area contributed by atoms with Gasteiger partial charge < -0.3 is 30.7 Å². The van der Waals surface area contributed by atoms with Crippen molar-refractivity contribution in [1.29, 1.82) is 0 Å². The van der Waals surface area contributed by atoms with E-state index in [9.17, 15) is 19.5 Å².